The molecule has 3 aliphatic rings. The zero-order valence-electron chi connectivity index (χ0n) is 30.4. The number of unbranched alkanes of at least 4 members (excludes halogenated alkanes) is 2. The molecule has 2 atom stereocenters. The molecule has 1 unspecified atom stereocenters. The molecule has 1 fully saturated rings. The van der Waals surface area contributed by atoms with Gasteiger partial charge in [0.1, 0.15) is 41.0 Å². The van der Waals surface area contributed by atoms with Gasteiger partial charge in [-0.15, -0.1) is 21.5 Å². The van der Waals surface area contributed by atoms with Crippen LogP contribution >= 0.6 is 22.9 Å². The lowest BCUT2D eigenvalue weighted by atomic mass is 9.99. The van der Waals surface area contributed by atoms with E-state index in [9.17, 15) is 19.2 Å². The summed E-state index contributed by atoms with van der Waals surface area (Å²) in [6.45, 7) is 10.8. The maximum absolute atomic E-state index is 13.4. The number of aromatic nitrogens is 3. The SMILES string of the molecule is C=C1CCC(N2C(=O)c3cccc(OCCOCCCCCC(=O)C[C@@H]4N=C(c5ccc(Cl)cc5)c5c(sc(C)c5C)-n5c(C)nnc54)c3C2=O)C(=O)N1. The minimum Gasteiger partial charge on any atom is -0.490 e. The van der Waals surface area contributed by atoms with Crippen molar-refractivity contribution >= 4 is 52.2 Å². The molecule has 0 spiro atoms. The topological polar surface area (TPSA) is 145 Å². The van der Waals surface area contributed by atoms with Crippen LogP contribution in [0.1, 0.15) is 105 Å². The number of nitrogens with one attached hydrogen (secondary N) is 1. The third kappa shape index (κ3) is 7.27. The van der Waals surface area contributed by atoms with Crippen molar-refractivity contribution in [3.05, 3.63) is 104 Å². The van der Waals surface area contributed by atoms with Crippen molar-refractivity contribution < 1.29 is 28.7 Å². The highest BCUT2D eigenvalue weighted by molar-refractivity contribution is 7.15. The van der Waals surface area contributed by atoms with Crippen LogP contribution in [0.4, 0.5) is 0 Å². The van der Waals surface area contributed by atoms with Crippen LogP contribution in [-0.2, 0) is 14.3 Å². The Hall–Kier alpha value is -4.98. The molecular formula is C40H41ClN6O6S. The maximum atomic E-state index is 13.4. The Morgan fingerprint density at radius 1 is 0.981 bits per heavy atom. The lowest BCUT2D eigenvalue weighted by Gasteiger charge is -2.29. The number of amides is 3. The smallest absolute Gasteiger partial charge is 0.266 e. The third-order valence-corrected chi connectivity index (χ3v) is 11.5. The zero-order valence-corrected chi connectivity index (χ0v) is 32.0. The first-order chi connectivity index (χ1) is 26.0. The van der Waals surface area contributed by atoms with Gasteiger partial charge in [-0.2, -0.15) is 0 Å². The molecule has 0 bridgehead atoms. The van der Waals surface area contributed by atoms with Gasteiger partial charge in [0, 0.05) is 46.2 Å². The summed E-state index contributed by atoms with van der Waals surface area (Å²) in [5.41, 5.74) is 4.88. The Balaban J connectivity index is 0.889. The number of rotatable bonds is 14. The van der Waals surface area contributed by atoms with Gasteiger partial charge in [0.05, 0.1) is 23.4 Å². The van der Waals surface area contributed by atoms with Crippen molar-refractivity contribution in [2.75, 3.05) is 19.8 Å². The van der Waals surface area contributed by atoms with E-state index in [1.807, 2.05) is 31.2 Å². The minimum absolute atomic E-state index is 0.107. The first-order valence-electron chi connectivity index (χ1n) is 18.1. The molecule has 280 valence electrons. The molecule has 5 heterocycles. The number of carbonyl (C=O) groups is 4. The number of benzene rings is 2. The van der Waals surface area contributed by atoms with E-state index in [-0.39, 0.29) is 42.3 Å². The number of thiophene rings is 1. The van der Waals surface area contributed by atoms with Gasteiger partial charge in [-0.25, -0.2) is 0 Å². The molecule has 12 nitrogen and oxygen atoms in total. The van der Waals surface area contributed by atoms with Crippen molar-refractivity contribution in [2.45, 2.75) is 77.8 Å². The van der Waals surface area contributed by atoms with Gasteiger partial charge in [-0.3, -0.25) is 33.6 Å². The molecule has 0 saturated carbocycles. The van der Waals surface area contributed by atoms with Crippen molar-refractivity contribution in [3.8, 4) is 10.8 Å². The van der Waals surface area contributed by atoms with Crippen molar-refractivity contribution in [1.29, 1.82) is 0 Å². The van der Waals surface area contributed by atoms with E-state index < -0.39 is 29.8 Å². The second-order valence-electron chi connectivity index (χ2n) is 13.7. The average Bonchev–Trinajstić information content (AvgIpc) is 3.72. The molecule has 54 heavy (non-hydrogen) atoms. The number of hydrogen-bond donors (Lipinski definition) is 1. The predicted octanol–water partition coefficient (Wildman–Crippen LogP) is 6.80. The van der Waals surface area contributed by atoms with E-state index in [4.69, 9.17) is 26.1 Å². The van der Waals surface area contributed by atoms with E-state index in [0.29, 0.717) is 48.8 Å². The molecule has 0 radical (unpaired) electrons. The number of allylic oxidation sites excluding steroid dienone is 1. The second kappa shape index (κ2) is 15.8. The van der Waals surface area contributed by atoms with Gasteiger partial charge in [-0.05, 0) is 76.3 Å². The quantitative estimate of drug-likeness (QED) is 0.109. The molecule has 4 aromatic rings. The number of Topliss-reactive ketones (excluding diaryl/α,β-unsaturated/α-hetero) is 1. The molecule has 1 saturated heterocycles. The fourth-order valence-electron chi connectivity index (χ4n) is 7.15. The lowest BCUT2D eigenvalue weighted by Crippen LogP contribution is -2.51. The number of ketones is 1. The summed E-state index contributed by atoms with van der Waals surface area (Å²) in [4.78, 5) is 59.7. The summed E-state index contributed by atoms with van der Waals surface area (Å²) in [7, 11) is 0. The molecule has 3 aliphatic heterocycles. The number of imide groups is 1. The first-order valence-corrected chi connectivity index (χ1v) is 19.3. The summed E-state index contributed by atoms with van der Waals surface area (Å²) >= 11 is 7.90. The Morgan fingerprint density at radius 2 is 1.78 bits per heavy atom. The first kappa shape index (κ1) is 37.3. The number of aryl methyl sites for hydroxylation is 2. The standard InChI is InChI=1S/C40H41ClN6O6S/c1-22-12-17-31(37(49)42-22)47-38(50)29-10-8-11-32(34(29)39(47)51)53-20-19-52-18-7-5-6-9-28(48)21-30-36-45-44-25(4)46(36)40-33(23(2)24(3)54-40)35(43-30)26-13-15-27(41)16-14-26/h8,10-11,13-16,30-31H,1,5-7,9,12,17-21H2,2-4H3,(H,42,49)/t30-,31?/m0/s1. The summed E-state index contributed by atoms with van der Waals surface area (Å²) in [6, 6.07) is 11.1. The van der Waals surface area contributed by atoms with Crippen LogP contribution in [0.5, 0.6) is 5.75 Å². The fraction of sp³-hybridized carbons (Fsp3) is 0.375. The summed E-state index contributed by atoms with van der Waals surface area (Å²) in [5.74, 6) is 0.344. The molecule has 1 N–H and O–H groups in total. The van der Waals surface area contributed by atoms with Crippen LogP contribution in [0.25, 0.3) is 5.00 Å². The second-order valence-corrected chi connectivity index (χ2v) is 15.4. The van der Waals surface area contributed by atoms with E-state index in [2.05, 4.69) is 40.5 Å². The zero-order chi connectivity index (χ0) is 38.1. The largest absolute Gasteiger partial charge is 0.490 e. The number of hydrogen-bond acceptors (Lipinski definition) is 10. The normalized spacial score (nSPS) is 17.9. The number of nitrogens with zero attached hydrogens (tertiary/aromatic N) is 5. The van der Waals surface area contributed by atoms with Crippen LogP contribution in [0.2, 0.25) is 5.02 Å². The molecule has 14 heteroatoms. The van der Waals surface area contributed by atoms with Crippen molar-refractivity contribution in [2.24, 2.45) is 4.99 Å². The molecule has 2 aromatic heterocycles. The number of ether oxygens (including phenoxy) is 2. The minimum atomic E-state index is -0.887. The maximum Gasteiger partial charge on any atom is 0.266 e. The summed E-state index contributed by atoms with van der Waals surface area (Å²) in [6.07, 6.45) is 3.74. The van der Waals surface area contributed by atoms with Gasteiger partial charge in [0.25, 0.3) is 11.8 Å². The highest BCUT2D eigenvalue weighted by atomic mass is 35.5. The summed E-state index contributed by atoms with van der Waals surface area (Å²) < 4.78 is 13.7. The van der Waals surface area contributed by atoms with E-state index in [1.165, 1.54) is 4.88 Å². The van der Waals surface area contributed by atoms with E-state index >= 15 is 0 Å². The number of piperidine rings is 1. The molecule has 3 amide bonds. The molecule has 0 aliphatic carbocycles. The predicted molar refractivity (Wildman–Crippen MR) is 205 cm³/mol. The molecule has 2 aromatic carbocycles. The van der Waals surface area contributed by atoms with Crippen molar-refractivity contribution in [1.82, 2.24) is 25.0 Å². The molecular weight excluding hydrogens is 728 g/mol. The van der Waals surface area contributed by atoms with Crippen molar-refractivity contribution in [3.63, 3.8) is 0 Å². The van der Waals surface area contributed by atoms with Gasteiger partial charge in [0.15, 0.2) is 5.82 Å². The molecule has 7 rings (SSSR count). The van der Waals surface area contributed by atoms with E-state index in [1.54, 1.807) is 29.5 Å². The van der Waals surface area contributed by atoms with Crippen LogP contribution in [-0.4, -0.2) is 74.7 Å². The Labute approximate surface area is 322 Å². The number of carbonyl (C=O) groups excluding carboxylic acids is 4. The average molecular weight is 769 g/mol. The van der Waals surface area contributed by atoms with Gasteiger partial charge < -0.3 is 14.8 Å². The number of fused-ring (bicyclic) bond motifs is 4. The highest BCUT2D eigenvalue weighted by Gasteiger charge is 2.45. The Morgan fingerprint density at radius 3 is 2.56 bits per heavy atom. The van der Waals surface area contributed by atoms with Crippen LogP contribution in [0, 0.1) is 20.8 Å². The van der Waals surface area contributed by atoms with Gasteiger partial charge >= 0.3 is 0 Å². The number of aliphatic imine (C=N–C) groups is 1. The van der Waals surface area contributed by atoms with Crippen LogP contribution in [0.3, 0.4) is 0 Å². The Kier molecular flexibility index (Phi) is 10.9. The van der Waals surface area contributed by atoms with Crippen LogP contribution < -0.4 is 10.1 Å². The Bertz CT molecular complexity index is 2190. The number of halogens is 1. The highest BCUT2D eigenvalue weighted by Crippen LogP contribution is 2.40. The third-order valence-electron chi connectivity index (χ3n) is 10.0. The van der Waals surface area contributed by atoms with Gasteiger partial charge in [0.2, 0.25) is 5.91 Å². The monoisotopic (exact) mass is 768 g/mol. The lowest BCUT2D eigenvalue weighted by molar-refractivity contribution is -0.125. The van der Waals surface area contributed by atoms with Gasteiger partial charge in [-0.1, -0.05) is 42.8 Å². The van der Waals surface area contributed by atoms with E-state index in [0.717, 1.165) is 51.0 Å². The fourth-order valence-corrected chi connectivity index (χ4v) is 8.49. The summed E-state index contributed by atoms with van der Waals surface area (Å²) in [5, 5.41) is 13.2. The van der Waals surface area contributed by atoms with Crippen LogP contribution in [0.15, 0.2) is 59.7 Å².